The Kier molecular flexibility index (Phi) is 7.97. The second kappa shape index (κ2) is 9.98. The molecule has 130 valence electrons. The highest BCUT2D eigenvalue weighted by Gasteiger charge is 2.05. The van der Waals surface area contributed by atoms with Crippen LogP contribution in [0.5, 0.6) is 0 Å². The number of amides is 2. The SMILES string of the molecule is CCOC(=O)N/N=C(\C)c1cccc(/C(C)=N/NC(=O)OCC)c1. The van der Waals surface area contributed by atoms with Crippen molar-refractivity contribution >= 4 is 23.6 Å². The lowest BCUT2D eigenvalue weighted by Gasteiger charge is -2.06. The van der Waals surface area contributed by atoms with E-state index in [1.54, 1.807) is 27.7 Å². The molecule has 0 aliphatic rings. The third kappa shape index (κ3) is 6.47. The molecular formula is C16H22N4O4. The number of ether oxygens (including phenoxy) is 2. The summed E-state index contributed by atoms with van der Waals surface area (Å²) in [6.07, 6.45) is -1.21. The van der Waals surface area contributed by atoms with Gasteiger partial charge in [-0.05, 0) is 44.9 Å². The number of nitrogens with one attached hydrogen (secondary N) is 2. The number of nitrogens with zero attached hydrogens (tertiary/aromatic N) is 2. The Bertz CT molecular complexity index is 589. The van der Waals surface area contributed by atoms with E-state index in [2.05, 4.69) is 21.1 Å². The number of hydrogen-bond acceptors (Lipinski definition) is 6. The van der Waals surface area contributed by atoms with Crippen molar-refractivity contribution in [2.45, 2.75) is 27.7 Å². The largest absolute Gasteiger partial charge is 0.449 e. The Morgan fingerprint density at radius 2 is 1.33 bits per heavy atom. The van der Waals surface area contributed by atoms with E-state index >= 15 is 0 Å². The first-order valence-electron chi connectivity index (χ1n) is 7.52. The molecule has 2 N–H and O–H groups in total. The second-order valence-corrected chi connectivity index (χ2v) is 4.64. The van der Waals surface area contributed by atoms with Gasteiger partial charge in [-0.1, -0.05) is 18.2 Å². The van der Waals surface area contributed by atoms with Gasteiger partial charge in [0, 0.05) is 0 Å². The predicted molar refractivity (Wildman–Crippen MR) is 91.2 cm³/mol. The maximum absolute atomic E-state index is 11.2. The highest BCUT2D eigenvalue weighted by atomic mass is 16.6. The van der Waals surface area contributed by atoms with Crippen LogP contribution in [0, 0.1) is 0 Å². The monoisotopic (exact) mass is 334 g/mol. The molecule has 2 amide bonds. The molecule has 1 aromatic rings. The molecule has 1 aromatic carbocycles. The molecule has 24 heavy (non-hydrogen) atoms. The van der Waals surface area contributed by atoms with Gasteiger partial charge in [0.15, 0.2) is 0 Å². The van der Waals surface area contributed by atoms with Gasteiger partial charge in [0.25, 0.3) is 0 Å². The summed E-state index contributed by atoms with van der Waals surface area (Å²) in [5.74, 6) is 0. The Hall–Kier alpha value is -2.90. The second-order valence-electron chi connectivity index (χ2n) is 4.64. The van der Waals surface area contributed by atoms with Crippen LogP contribution in [-0.4, -0.2) is 36.8 Å². The lowest BCUT2D eigenvalue weighted by molar-refractivity contribution is 0.151. The lowest BCUT2D eigenvalue weighted by Crippen LogP contribution is -2.21. The Morgan fingerprint density at radius 1 is 0.917 bits per heavy atom. The average Bonchev–Trinajstić information content (AvgIpc) is 2.58. The fraction of sp³-hybridized carbons (Fsp3) is 0.375. The molecule has 0 aliphatic carbocycles. The van der Waals surface area contributed by atoms with Gasteiger partial charge < -0.3 is 9.47 Å². The molecule has 0 aromatic heterocycles. The van der Waals surface area contributed by atoms with Crippen LogP contribution >= 0.6 is 0 Å². The Morgan fingerprint density at radius 3 is 1.71 bits per heavy atom. The third-order valence-electron chi connectivity index (χ3n) is 2.88. The van der Waals surface area contributed by atoms with E-state index in [1.807, 2.05) is 24.3 Å². The molecule has 8 heteroatoms. The fourth-order valence-corrected chi connectivity index (χ4v) is 1.68. The van der Waals surface area contributed by atoms with Crippen LogP contribution in [0.3, 0.4) is 0 Å². The molecule has 1 rings (SSSR count). The summed E-state index contributed by atoms with van der Waals surface area (Å²) >= 11 is 0. The smallest absolute Gasteiger partial charge is 0.427 e. The van der Waals surface area contributed by atoms with Crippen LogP contribution < -0.4 is 10.9 Å². The van der Waals surface area contributed by atoms with E-state index in [0.29, 0.717) is 11.4 Å². The van der Waals surface area contributed by atoms with Gasteiger partial charge in [0.05, 0.1) is 24.6 Å². The molecule has 0 heterocycles. The third-order valence-corrected chi connectivity index (χ3v) is 2.88. The quantitative estimate of drug-likeness (QED) is 0.617. The minimum atomic E-state index is -0.607. The summed E-state index contributed by atoms with van der Waals surface area (Å²) in [6.45, 7) is 7.50. The van der Waals surface area contributed by atoms with Gasteiger partial charge in [-0.15, -0.1) is 0 Å². The summed E-state index contributed by atoms with van der Waals surface area (Å²) in [6, 6.07) is 7.37. The summed E-state index contributed by atoms with van der Waals surface area (Å²) in [4.78, 5) is 22.5. The molecule has 0 bridgehead atoms. The van der Waals surface area contributed by atoms with Crippen molar-refractivity contribution in [2.24, 2.45) is 10.2 Å². The fourth-order valence-electron chi connectivity index (χ4n) is 1.68. The summed E-state index contributed by atoms with van der Waals surface area (Å²) < 4.78 is 9.47. The highest BCUT2D eigenvalue weighted by molar-refractivity contribution is 6.04. The summed E-state index contributed by atoms with van der Waals surface area (Å²) in [5, 5.41) is 7.95. The molecule has 0 aliphatic heterocycles. The van der Waals surface area contributed by atoms with Crippen LogP contribution in [0.1, 0.15) is 38.8 Å². The van der Waals surface area contributed by atoms with Crippen LogP contribution in [0.15, 0.2) is 34.5 Å². The number of rotatable bonds is 6. The van der Waals surface area contributed by atoms with Gasteiger partial charge in [-0.3, -0.25) is 0 Å². The average molecular weight is 334 g/mol. The van der Waals surface area contributed by atoms with Crippen molar-refractivity contribution in [3.8, 4) is 0 Å². The maximum atomic E-state index is 11.2. The molecule has 0 radical (unpaired) electrons. The Balaban J connectivity index is 2.81. The summed E-state index contributed by atoms with van der Waals surface area (Å²) in [5.41, 5.74) is 7.43. The number of hydrogen-bond donors (Lipinski definition) is 2. The summed E-state index contributed by atoms with van der Waals surface area (Å²) in [7, 11) is 0. The van der Waals surface area contributed by atoms with Crippen LogP contribution in [-0.2, 0) is 9.47 Å². The number of carbonyl (C=O) groups excluding carboxylic acids is 2. The van der Waals surface area contributed by atoms with Gasteiger partial charge in [0.2, 0.25) is 0 Å². The van der Waals surface area contributed by atoms with Crippen LogP contribution in [0.2, 0.25) is 0 Å². The molecule has 0 unspecified atom stereocenters. The highest BCUT2D eigenvalue weighted by Crippen LogP contribution is 2.08. The van der Waals surface area contributed by atoms with Crippen molar-refractivity contribution in [1.82, 2.24) is 10.9 Å². The van der Waals surface area contributed by atoms with E-state index in [0.717, 1.165) is 11.1 Å². The van der Waals surface area contributed by atoms with Crippen molar-refractivity contribution in [2.75, 3.05) is 13.2 Å². The first kappa shape index (κ1) is 19.1. The molecule has 0 atom stereocenters. The maximum Gasteiger partial charge on any atom is 0.427 e. The number of carbonyl (C=O) groups is 2. The van der Waals surface area contributed by atoms with Crippen LogP contribution in [0.25, 0.3) is 0 Å². The van der Waals surface area contributed by atoms with Gasteiger partial charge in [-0.2, -0.15) is 10.2 Å². The number of benzene rings is 1. The zero-order chi connectivity index (χ0) is 17.9. The van der Waals surface area contributed by atoms with E-state index in [-0.39, 0.29) is 13.2 Å². The van der Waals surface area contributed by atoms with Gasteiger partial charge >= 0.3 is 12.2 Å². The molecule has 0 saturated carbocycles. The topological polar surface area (TPSA) is 101 Å². The molecule has 0 fully saturated rings. The zero-order valence-corrected chi connectivity index (χ0v) is 14.3. The van der Waals surface area contributed by atoms with Crippen molar-refractivity contribution in [3.05, 3.63) is 35.4 Å². The van der Waals surface area contributed by atoms with Gasteiger partial charge in [0.1, 0.15) is 0 Å². The molecule has 0 spiro atoms. The van der Waals surface area contributed by atoms with E-state index in [9.17, 15) is 9.59 Å². The van der Waals surface area contributed by atoms with Crippen molar-refractivity contribution in [3.63, 3.8) is 0 Å². The molecule has 0 saturated heterocycles. The van der Waals surface area contributed by atoms with Crippen molar-refractivity contribution in [1.29, 1.82) is 0 Å². The first-order valence-corrected chi connectivity index (χ1v) is 7.52. The lowest BCUT2D eigenvalue weighted by atomic mass is 10.1. The standard InChI is InChI=1S/C16H22N4O4/c1-5-23-15(21)19-17-11(3)13-8-7-9-14(10-13)12(4)18-20-16(22)24-6-2/h7-10H,5-6H2,1-4H3,(H,19,21)(H,20,22)/b17-11+,18-12+. The normalized spacial score (nSPS) is 11.7. The Labute approximate surface area is 140 Å². The molecule has 8 nitrogen and oxygen atoms in total. The molecular weight excluding hydrogens is 312 g/mol. The minimum Gasteiger partial charge on any atom is -0.449 e. The van der Waals surface area contributed by atoms with Gasteiger partial charge in [-0.25, -0.2) is 20.4 Å². The van der Waals surface area contributed by atoms with E-state index in [4.69, 9.17) is 9.47 Å². The van der Waals surface area contributed by atoms with E-state index in [1.165, 1.54) is 0 Å². The van der Waals surface area contributed by atoms with Crippen LogP contribution in [0.4, 0.5) is 9.59 Å². The number of hydrazone groups is 2. The van der Waals surface area contributed by atoms with E-state index < -0.39 is 12.2 Å². The zero-order valence-electron chi connectivity index (χ0n) is 14.3. The first-order chi connectivity index (χ1) is 11.5. The minimum absolute atomic E-state index is 0.277. The predicted octanol–water partition coefficient (Wildman–Crippen LogP) is 2.63. The van der Waals surface area contributed by atoms with Crippen molar-refractivity contribution < 1.29 is 19.1 Å².